The van der Waals surface area contributed by atoms with Gasteiger partial charge in [-0.1, -0.05) is 0 Å². The molecule has 1 aliphatic heterocycles. The van der Waals surface area contributed by atoms with Crippen molar-refractivity contribution in [3.63, 3.8) is 0 Å². The second-order valence-corrected chi connectivity index (χ2v) is 8.35. The second kappa shape index (κ2) is 10.5. The number of sulfonamides is 1. The molecule has 1 aliphatic rings. The van der Waals surface area contributed by atoms with Crippen LogP contribution in [-0.2, 0) is 26.1 Å². The summed E-state index contributed by atoms with van der Waals surface area (Å²) in [7, 11) is -3.34. The van der Waals surface area contributed by atoms with E-state index >= 15 is 0 Å². The van der Waals surface area contributed by atoms with E-state index in [-0.39, 0.29) is 12.4 Å². The standard InChI is InChI=1S/C15H20N4O4S.C2HF3O2/c1-2-24(20,21)19-7-9-22-11-13(19)15-16-6-5-14(18-15)17-10-12-4-3-8-23-12;3-2(4,5)1(6)7/h3-6,8,13H,2,7,9-11H2,1H3,(H,16,17,18);(H,6,7). The fraction of sp³-hybridized carbons (Fsp3) is 0.471. The zero-order chi connectivity index (χ0) is 23.1. The number of aliphatic carboxylic acids is 1. The van der Waals surface area contributed by atoms with Gasteiger partial charge in [-0.15, -0.1) is 0 Å². The van der Waals surface area contributed by atoms with E-state index in [4.69, 9.17) is 19.1 Å². The molecule has 2 aromatic heterocycles. The molecule has 0 radical (unpaired) electrons. The van der Waals surface area contributed by atoms with Crippen molar-refractivity contribution < 1.29 is 40.6 Å². The number of rotatable bonds is 6. The summed E-state index contributed by atoms with van der Waals surface area (Å²) in [6.45, 7) is 3.06. The Morgan fingerprint density at radius 3 is 2.68 bits per heavy atom. The van der Waals surface area contributed by atoms with Crippen molar-refractivity contribution in [2.75, 3.05) is 30.8 Å². The van der Waals surface area contributed by atoms with E-state index in [1.54, 1.807) is 25.5 Å². The van der Waals surface area contributed by atoms with Gasteiger partial charge in [-0.25, -0.2) is 23.2 Å². The van der Waals surface area contributed by atoms with Crippen LogP contribution in [0.2, 0.25) is 0 Å². The van der Waals surface area contributed by atoms with Gasteiger partial charge in [0.25, 0.3) is 0 Å². The third-order valence-corrected chi connectivity index (χ3v) is 5.92. The van der Waals surface area contributed by atoms with Gasteiger partial charge in [0.1, 0.15) is 17.6 Å². The molecule has 1 fully saturated rings. The minimum absolute atomic E-state index is 0.0416. The summed E-state index contributed by atoms with van der Waals surface area (Å²) in [5.41, 5.74) is 0. The monoisotopic (exact) mass is 466 g/mol. The zero-order valence-corrected chi connectivity index (χ0v) is 17.2. The highest BCUT2D eigenvalue weighted by Gasteiger charge is 2.38. The van der Waals surface area contributed by atoms with Crippen LogP contribution >= 0.6 is 0 Å². The molecule has 0 bridgehead atoms. The zero-order valence-electron chi connectivity index (χ0n) is 16.4. The first kappa shape index (κ1) is 24.6. The first-order valence-corrected chi connectivity index (χ1v) is 10.6. The van der Waals surface area contributed by atoms with E-state index in [2.05, 4.69) is 15.3 Å². The Kier molecular flexibility index (Phi) is 8.36. The number of morpholine rings is 1. The molecule has 2 aromatic rings. The van der Waals surface area contributed by atoms with E-state index in [9.17, 15) is 21.6 Å². The lowest BCUT2D eigenvalue weighted by Gasteiger charge is -2.33. The molecule has 0 saturated carbocycles. The number of furan rings is 1. The first-order chi connectivity index (χ1) is 14.5. The number of halogens is 3. The van der Waals surface area contributed by atoms with Crippen LogP contribution in [0.1, 0.15) is 24.6 Å². The number of aromatic nitrogens is 2. The summed E-state index contributed by atoms with van der Waals surface area (Å²) >= 11 is 0. The summed E-state index contributed by atoms with van der Waals surface area (Å²) < 4.78 is 68.5. The fourth-order valence-corrected chi connectivity index (χ4v) is 3.74. The Morgan fingerprint density at radius 2 is 2.10 bits per heavy atom. The molecule has 3 heterocycles. The maximum Gasteiger partial charge on any atom is 0.490 e. The maximum atomic E-state index is 12.3. The molecule has 1 unspecified atom stereocenters. The van der Waals surface area contributed by atoms with Crippen molar-refractivity contribution in [1.82, 2.24) is 14.3 Å². The van der Waals surface area contributed by atoms with Gasteiger partial charge in [0.2, 0.25) is 10.0 Å². The molecule has 1 saturated heterocycles. The summed E-state index contributed by atoms with van der Waals surface area (Å²) in [6.07, 6.45) is -1.87. The Morgan fingerprint density at radius 1 is 1.39 bits per heavy atom. The summed E-state index contributed by atoms with van der Waals surface area (Å²) in [4.78, 5) is 17.6. The minimum atomic E-state index is -5.08. The van der Waals surface area contributed by atoms with Gasteiger partial charge >= 0.3 is 12.1 Å². The van der Waals surface area contributed by atoms with Gasteiger partial charge < -0.3 is 19.6 Å². The lowest BCUT2D eigenvalue weighted by Crippen LogP contribution is -2.44. The highest BCUT2D eigenvalue weighted by Crippen LogP contribution is 2.25. The third kappa shape index (κ3) is 7.18. The van der Waals surface area contributed by atoms with Crippen molar-refractivity contribution in [1.29, 1.82) is 0 Å². The Hall–Kier alpha value is -2.71. The van der Waals surface area contributed by atoms with Crippen LogP contribution in [0.3, 0.4) is 0 Å². The number of nitrogens with one attached hydrogen (secondary N) is 1. The molecular formula is C17H21F3N4O6S. The molecule has 0 amide bonds. The molecule has 10 nitrogen and oxygen atoms in total. The van der Waals surface area contributed by atoms with E-state index in [1.807, 2.05) is 12.1 Å². The average molecular weight is 466 g/mol. The summed E-state index contributed by atoms with van der Waals surface area (Å²) in [6, 6.07) is 4.90. The van der Waals surface area contributed by atoms with Crippen molar-refractivity contribution in [2.45, 2.75) is 25.7 Å². The number of anilines is 1. The van der Waals surface area contributed by atoms with E-state index in [1.165, 1.54) is 4.31 Å². The molecule has 31 heavy (non-hydrogen) atoms. The Bertz CT molecular complexity index is 953. The van der Waals surface area contributed by atoms with Gasteiger partial charge in [-0.2, -0.15) is 17.5 Å². The van der Waals surface area contributed by atoms with Crippen LogP contribution in [-0.4, -0.2) is 65.5 Å². The van der Waals surface area contributed by atoms with Crippen LogP contribution in [0.5, 0.6) is 0 Å². The lowest BCUT2D eigenvalue weighted by molar-refractivity contribution is -0.192. The fourth-order valence-electron chi connectivity index (χ4n) is 2.51. The van der Waals surface area contributed by atoms with Crippen molar-refractivity contribution >= 4 is 21.8 Å². The predicted octanol–water partition coefficient (Wildman–Crippen LogP) is 2.04. The Balaban J connectivity index is 0.000000423. The number of alkyl halides is 3. The van der Waals surface area contributed by atoms with Crippen LogP contribution in [0.4, 0.5) is 19.0 Å². The quantitative estimate of drug-likeness (QED) is 0.656. The normalized spacial score (nSPS) is 17.5. The topological polar surface area (TPSA) is 135 Å². The van der Waals surface area contributed by atoms with Gasteiger partial charge in [0, 0.05) is 12.7 Å². The van der Waals surface area contributed by atoms with Crippen LogP contribution < -0.4 is 5.32 Å². The number of carboxylic acid groups (broad SMARTS) is 1. The molecule has 14 heteroatoms. The van der Waals surface area contributed by atoms with Gasteiger partial charge in [-0.3, -0.25) is 0 Å². The molecular weight excluding hydrogens is 445 g/mol. The van der Waals surface area contributed by atoms with Crippen molar-refractivity contribution in [3.05, 3.63) is 42.2 Å². The summed E-state index contributed by atoms with van der Waals surface area (Å²) in [5.74, 6) is -0.897. The SMILES string of the molecule is CCS(=O)(=O)N1CCOCC1c1nccc(NCc2ccco2)n1.O=C(O)C(F)(F)F. The lowest BCUT2D eigenvalue weighted by atomic mass is 10.2. The predicted molar refractivity (Wildman–Crippen MR) is 101 cm³/mol. The number of carboxylic acids is 1. The van der Waals surface area contributed by atoms with E-state index in [0.717, 1.165) is 5.76 Å². The van der Waals surface area contributed by atoms with Crippen LogP contribution in [0.25, 0.3) is 0 Å². The van der Waals surface area contributed by atoms with Crippen molar-refractivity contribution in [3.8, 4) is 0 Å². The van der Waals surface area contributed by atoms with Gasteiger partial charge in [-0.05, 0) is 25.1 Å². The Labute approximate surface area is 176 Å². The van der Waals surface area contributed by atoms with Gasteiger partial charge in [0.15, 0.2) is 5.82 Å². The third-order valence-electron chi connectivity index (χ3n) is 4.04. The first-order valence-electron chi connectivity index (χ1n) is 9.01. The van der Waals surface area contributed by atoms with Crippen LogP contribution in [0.15, 0.2) is 35.1 Å². The second-order valence-electron chi connectivity index (χ2n) is 6.14. The van der Waals surface area contributed by atoms with Gasteiger partial charge in [0.05, 0.1) is 31.8 Å². The highest BCUT2D eigenvalue weighted by molar-refractivity contribution is 7.89. The molecule has 0 aromatic carbocycles. The molecule has 0 aliphatic carbocycles. The van der Waals surface area contributed by atoms with Crippen molar-refractivity contribution in [2.24, 2.45) is 0 Å². The highest BCUT2D eigenvalue weighted by atomic mass is 32.2. The molecule has 1 atom stereocenters. The van der Waals surface area contributed by atoms with Crippen LogP contribution in [0, 0.1) is 0 Å². The molecule has 3 rings (SSSR count). The number of ether oxygens (including phenoxy) is 1. The van der Waals surface area contributed by atoms with E-state index < -0.39 is 28.2 Å². The molecule has 2 N–H and O–H groups in total. The number of carbonyl (C=O) groups is 1. The van der Waals surface area contributed by atoms with E-state index in [0.29, 0.717) is 31.3 Å². The number of hydrogen-bond donors (Lipinski definition) is 2. The summed E-state index contributed by atoms with van der Waals surface area (Å²) in [5, 5.41) is 10.3. The number of hydrogen-bond acceptors (Lipinski definition) is 8. The average Bonchev–Trinajstić information content (AvgIpc) is 3.26. The largest absolute Gasteiger partial charge is 0.490 e. The molecule has 172 valence electrons. The smallest absolute Gasteiger partial charge is 0.475 e. The minimum Gasteiger partial charge on any atom is -0.475 e. The maximum absolute atomic E-state index is 12.3. The number of nitrogens with zero attached hydrogens (tertiary/aromatic N) is 3. The molecule has 0 spiro atoms.